The number of carbonyl (C=O) groups is 2. The highest BCUT2D eigenvalue weighted by atomic mass is 16.4. The number of allylic oxidation sites excluding steroid dienone is 2. The molecule has 0 bridgehead atoms. The zero-order valence-corrected chi connectivity index (χ0v) is 15.1. The number of rotatable bonds is 12. The second-order valence-corrected chi connectivity index (χ2v) is 6.86. The number of carboxylic acids is 1. The van der Waals surface area contributed by atoms with E-state index in [2.05, 4.69) is 6.92 Å². The van der Waals surface area contributed by atoms with Crippen LogP contribution in [0, 0.1) is 11.8 Å². The van der Waals surface area contributed by atoms with Gasteiger partial charge in [0.05, 0.1) is 12.2 Å². The summed E-state index contributed by atoms with van der Waals surface area (Å²) in [6.07, 6.45) is 12.1. The molecular weight excluding hydrogens is 320 g/mol. The average Bonchev–Trinajstić information content (AvgIpc) is 2.82. The number of unbranched alkanes of at least 4 members (excludes halogenated alkanes) is 3. The number of carboxylic acid groups (broad SMARTS) is 1. The van der Waals surface area contributed by atoms with E-state index in [9.17, 15) is 19.8 Å². The van der Waals surface area contributed by atoms with Crippen LogP contribution in [0.2, 0.25) is 0 Å². The molecule has 1 aliphatic rings. The van der Waals surface area contributed by atoms with Gasteiger partial charge in [0.2, 0.25) is 0 Å². The first-order valence-corrected chi connectivity index (χ1v) is 9.39. The summed E-state index contributed by atoms with van der Waals surface area (Å²) in [5.74, 6) is -1.26. The van der Waals surface area contributed by atoms with E-state index in [4.69, 9.17) is 5.11 Å². The number of carbonyl (C=O) groups excluding carboxylic acids is 1. The number of Topliss-reactive ketones (excluding diaryl/α,β-unsaturated/α-hetero) is 1. The number of aliphatic hydroxyl groups excluding tert-OH is 2. The molecule has 0 heterocycles. The second-order valence-electron chi connectivity index (χ2n) is 6.86. The van der Waals surface area contributed by atoms with Crippen LogP contribution in [0.3, 0.4) is 0 Å². The highest BCUT2D eigenvalue weighted by molar-refractivity contribution is 5.84. The van der Waals surface area contributed by atoms with E-state index in [0.29, 0.717) is 25.7 Å². The van der Waals surface area contributed by atoms with Crippen LogP contribution in [-0.2, 0) is 9.59 Å². The van der Waals surface area contributed by atoms with Gasteiger partial charge in [0.15, 0.2) is 0 Å². The van der Waals surface area contributed by atoms with Crippen molar-refractivity contribution in [2.24, 2.45) is 11.8 Å². The van der Waals surface area contributed by atoms with Crippen LogP contribution in [0.15, 0.2) is 24.3 Å². The largest absolute Gasteiger partial charge is 0.481 e. The summed E-state index contributed by atoms with van der Waals surface area (Å²) in [6, 6.07) is 0. The Morgan fingerprint density at radius 3 is 2.72 bits per heavy atom. The maximum atomic E-state index is 12.1. The van der Waals surface area contributed by atoms with Crippen molar-refractivity contribution in [2.45, 2.75) is 76.9 Å². The second kappa shape index (κ2) is 12.0. The van der Waals surface area contributed by atoms with E-state index in [1.54, 1.807) is 12.2 Å². The van der Waals surface area contributed by atoms with Crippen molar-refractivity contribution in [3.8, 4) is 0 Å². The van der Waals surface area contributed by atoms with E-state index in [0.717, 1.165) is 19.3 Å². The molecular formula is C20H32O5. The van der Waals surface area contributed by atoms with Crippen LogP contribution in [0.4, 0.5) is 0 Å². The van der Waals surface area contributed by atoms with Gasteiger partial charge in [-0.1, -0.05) is 50.5 Å². The molecule has 142 valence electrons. The molecule has 0 aromatic rings. The first-order valence-electron chi connectivity index (χ1n) is 9.39. The molecule has 5 heteroatoms. The molecule has 1 aliphatic carbocycles. The normalized spacial score (nSPS) is 25.2. The molecule has 4 unspecified atom stereocenters. The Bertz CT molecular complexity index is 469. The van der Waals surface area contributed by atoms with E-state index >= 15 is 0 Å². The van der Waals surface area contributed by atoms with Crippen molar-refractivity contribution in [3.63, 3.8) is 0 Å². The number of aliphatic carboxylic acids is 1. The van der Waals surface area contributed by atoms with Crippen molar-refractivity contribution >= 4 is 11.8 Å². The maximum Gasteiger partial charge on any atom is 0.303 e. The summed E-state index contributed by atoms with van der Waals surface area (Å²) in [7, 11) is 0. The minimum atomic E-state index is -0.801. The van der Waals surface area contributed by atoms with Crippen molar-refractivity contribution in [2.75, 3.05) is 0 Å². The minimum Gasteiger partial charge on any atom is -0.481 e. The topological polar surface area (TPSA) is 94.8 Å². The van der Waals surface area contributed by atoms with Gasteiger partial charge >= 0.3 is 5.97 Å². The summed E-state index contributed by atoms with van der Waals surface area (Å²) in [6.45, 7) is 2.11. The van der Waals surface area contributed by atoms with E-state index in [-0.39, 0.29) is 30.5 Å². The number of ketones is 1. The van der Waals surface area contributed by atoms with Gasteiger partial charge in [-0.15, -0.1) is 0 Å². The van der Waals surface area contributed by atoms with Gasteiger partial charge in [0.1, 0.15) is 5.78 Å². The summed E-state index contributed by atoms with van der Waals surface area (Å²) >= 11 is 0. The Hall–Kier alpha value is -1.46. The van der Waals surface area contributed by atoms with E-state index in [1.807, 2.05) is 12.2 Å². The summed E-state index contributed by atoms with van der Waals surface area (Å²) in [5.41, 5.74) is 0. The molecule has 0 amide bonds. The Labute approximate surface area is 150 Å². The van der Waals surface area contributed by atoms with Gasteiger partial charge in [0, 0.05) is 24.7 Å². The van der Waals surface area contributed by atoms with Crippen molar-refractivity contribution in [1.82, 2.24) is 0 Å². The summed E-state index contributed by atoms with van der Waals surface area (Å²) in [4.78, 5) is 22.5. The molecule has 0 saturated heterocycles. The standard InChI is InChI=1S/C20H32O5/c1-2-3-6-9-15(21)12-13-17-16(18(22)14-19(17)23)10-7-4-5-8-11-20(24)25/h4,7,12-13,15-17,19,21,23H,2-3,5-6,8-11,14H2,1H3,(H,24,25)/b7-4-,13-12?. The predicted molar refractivity (Wildman–Crippen MR) is 97.1 cm³/mol. The van der Waals surface area contributed by atoms with Crippen LogP contribution in [0.25, 0.3) is 0 Å². The SMILES string of the molecule is CCCCCC(O)C=CC1C(O)CC(=O)C1C/C=C\CCCC(=O)O. The molecule has 0 aliphatic heterocycles. The molecule has 4 atom stereocenters. The molecule has 0 aromatic carbocycles. The van der Waals surface area contributed by atoms with Crippen molar-refractivity contribution < 1.29 is 24.9 Å². The minimum absolute atomic E-state index is 0.0535. The first-order chi connectivity index (χ1) is 12.0. The van der Waals surface area contributed by atoms with Gasteiger partial charge in [-0.2, -0.15) is 0 Å². The maximum absolute atomic E-state index is 12.1. The summed E-state index contributed by atoms with van der Waals surface area (Å²) < 4.78 is 0. The third-order valence-electron chi connectivity index (χ3n) is 4.71. The monoisotopic (exact) mass is 352 g/mol. The fraction of sp³-hybridized carbons (Fsp3) is 0.700. The molecule has 0 aromatic heterocycles. The van der Waals surface area contributed by atoms with Crippen LogP contribution in [0.5, 0.6) is 0 Å². The molecule has 0 spiro atoms. The van der Waals surface area contributed by atoms with Gasteiger partial charge < -0.3 is 15.3 Å². The highest BCUT2D eigenvalue weighted by Crippen LogP contribution is 2.33. The van der Waals surface area contributed by atoms with Crippen LogP contribution in [0.1, 0.15) is 64.7 Å². The van der Waals surface area contributed by atoms with Crippen molar-refractivity contribution in [1.29, 1.82) is 0 Å². The number of hydrogen-bond acceptors (Lipinski definition) is 4. The molecule has 1 fully saturated rings. The van der Waals surface area contributed by atoms with Crippen molar-refractivity contribution in [3.05, 3.63) is 24.3 Å². The lowest BCUT2D eigenvalue weighted by molar-refractivity contribution is -0.137. The zero-order valence-electron chi connectivity index (χ0n) is 15.1. The quantitative estimate of drug-likeness (QED) is 0.370. The van der Waals surface area contributed by atoms with Crippen LogP contribution < -0.4 is 0 Å². The van der Waals surface area contributed by atoms with Crippen LogP contribution >= 0.6 is 0 Å². The molecule has 5 nitrogen and oxygen atoms in total. The first kappa shape index (κ1) is 21.6. The van der Waals surface area contributed by atoms with E-state index < -0.39 is 18.2 Å². The smallest absolute Gasteiger partial charge is 0.303 e. The Morgan fingerprint density at radius 1 is 1.28 bits per heavy atom. The third kappa shape index (κ3) is 8.45. The predicted octanol–water partition coefficient (Wildman–Crippen LogP) is 3.25. The molecule has 1 rings (SSSR count). The number of hydrogen-bond donors (Lipinski definition) is 3. The lowest BCUT2D eigenvalue weighted by Crippen LogP contribution is -2.18. The third-order valence-corrected chi connectivity index (χ3v) is 4.71. The molecule has 3 N–H and O–H groups in total. The van der Waals surface area contributed by atoms with E-state index in [1.165, 1.54) is 0 Å². The van der Waals surface area contributed by atoms with Gasteiger partial charge in [0.25, 0.3) is 0 Å². The van der Waals surface area contributed by atoms with Gasteiger partial charge in [-0.05, 0) is 25.7 Å². The summed E-state index contributed by atoms with van der Waals surface area (Å²) in [5, 5.41) is 28.7. The highest BCUT2D eigenvalue weighted by Gasteiger charge is 2.39. The Balaban J connectivity index is 2.48. The number of aliphatic hydroxyl groups is 2. The zero-order chi connectivity index (χ0) is 18.7. The fourth-order valence-electron chi connectivity index (χ4n) is 3.22. The lowest BCUT2D eigenvalue weighted by Gasteiger charge is -2.16. The van der Waals surface area contributed by atoms with Crippen LogP contribution in [-0.4, -0.2) is 39.3 Å². The average molecular weight is 352 g/mol. The lowest BCUT2D eigenvalue weighted by atomic mass is 9.90. The molecule has 1 saturated carbocycles. The fourth-order valence-corrected chi connectivity index (χ4v) is 3.22. The molecule has 0 radical (unpaired) electrons. The Kier molecular flexibility index (Phi) is 10.3. The van der Waals surface area contributed by atoms with Gasteiger partial charge in [-0.3, -0.25) is 9.59 Å². The van der Waals surface area contributed by atoms with Gasteiger partial charge in [-0.25, -0.2) is 0 Å². The Morgan fingerprint density at radius 2 is 2.04 bits per heavy atom. The molecule has 25 heavy (non-hydrogen) atoms.